The van der Waals surface area contributed by atoms with Gasteiger partial charge in [-0.1, -0.05) is 0 Å². The van der Waals surface area contributed by atoms with Gasteiger partial charge in [-0.25, -0.2) is 0 Å². The zero-order valence-electron chi connectivity index (χ0n) is 9.15. The van der Waals surface area contributed by atoms with Crippen molar-refractivity contribution in [3.63, 3.8) is 0 Å². The highest BCUT2D eigenvalue weighted by Crippen LogP contribution is 2.18. The summed E-state index contributed by atoms with van der Waals surface area (Å²) in [4.78, 5) is 17.6. The molecule has 0 unspecified atom stereocenters. The fourth-order valence-electron chi connectivity index (χ4n) is 1.88. The van der Waals surface area contributed by atoms with E-state index in [0.29, 0.717) is 19.5 Å². The molecule has 0 aromatic carbocycles. The second-order valence-corrected chi connectivity index (χ2v) is 3.76. The minimum absolute atomic E-state index is 0.112. The van der Waals surface area contributed by atoms with Gasteiger partial charge in [0.25, 0.3) is 0 Å². The highest BCUT2D eigenvalue weighted by molar-refractivity contribution is 5.77. The third kappa shape index (κ3) is 2.30. The number of nitrogens with two attached hydrogens (primary N) is 1. The van der Waals surface area contributed by atoms with Crippen LogP contribution in [0.25, 0.3) is 0 Å². The molecule has 0 bridgehead atoms. The molecule has 5 heteroatoms. The molecule has 1 aliphatic rings. The van der Waals surface area contributed by atoms with Gasteiger partial charge in [0, 0.05) is 38.8 Å². The Labute approximate surface area is 94.6 Å². The third-order valence-corrected chi connectivity index (χ3v) is 2.71. The first-order chi connectivity index (χ1) is 7.81. The summed E-state index contributed by atoms with van der Waals surface area (Å²) in [5.74, 6) is 0.112. The first-order valence-corrected chi connectivity index (χ1v) is 5.47. The molecule has 1 fully saturated rings. The van der Waals surface area contributed by atoms with Crippen LogP contribution in [0.5, 0.6) is 0 Å². The number of carbonyl (C=O) groups excluding carboxylic acids is 1. The molecule has 1 aliphatic heterocycles. The van der Waals surface area contributed by atoms with Gasteiger partial charge in [0.1, 0.15) is 0 Å². The van der Waals surface area contributed by atoms with Gasteiger partial charge in [-0.3, -0.25) is 9.78 Å². The van der Waals surface area contributed by atoms with Crippen molar-refractivity contribution in [3.8, 4) is 0 Å². The van der Waals surface area contributed by atoms with E-state index in [4.69, 9.17) is 5.73 Å². The molecular weight excluding hydrogens is 204 g/mol. The number of anilines is 1. The minimum Gasteiger partial charge on any atom is -0.368 e. The van der Waals surface area contributed by atoms with Crippen LogP contribution in [0.15, 0.2) is 18.3 Å². The van der Waals surface area contributed by atoms with E-state index < -0.39 is 0 Å². The number of hydrogen-bond donors (Lipinski definition) is 2. The fraction of sp³-hybridized carbons (Fsp3) is 0.455. The van der Waals surface area contributed by atoms with Crippen molar-refractivity contribution in [2.75, 3.05) is 24.5 Å². The first kappa shape index (κ1) is 10.9. The number of carbonyl (C=O) groups is 1. The van der Waals surface area contributed by atoms with E-state index in [-0.39, 0.29) is 5.91 Å². The second kappa shape index (κ2) is 4.94. The van der Waals surface area contributed by atoms with Crippen LogP contribution < -0.4 is 16.0 Å². The van der Waals surface area contributed by atoms with Gasteiger partial charge in [-0.05, 0) is 12.1 Å². The number of nitrogens with zero attached hydrogens (tertiary/aromatic N) is 2. The molecule has 0 spiro atoms. The maximum atomic E-state index is 11.2. The van der Waals surface area contributed by atoms with Crippen LogP contribution >= 0.6 is 0 Å². The lowest BCUT2D eigenvalue weighted by Crippen LogP contribution is -2.29. The quantitative estimate of drug-likeness (QED) is 0.728. The van der Waals surface area contributed by atoms with Gasteiger partial charge in [-0.2, -0.15) is 0 Å². The van der Waals surface area contributed by atoms with Gasteiger partial charge in [0.05, 0.1) is 11.4 Å². The monoisotopic (exact) mass is 220 g/mol. The fourth-order valence-corrected chi connectivity index (χ4v) is 1.88. The molecule has 1 aromatic rings. The molecule has 0 saturated carbocycles. The molecular formula is C11H16N4O. The minimum atomic E-state index is 0.112. The van der Waals surface area contributed by atoms with Crippen LogP contribution in [0.3, 0.4) is 0 Å². The van der Waals surface area contributed by atoms with E-state index in [2.05, 4.69) is 15.2 Å². The molecule has 5 nitrogen and oxygen atoms in total. The Morgan fingerprint density at radius 2 is 2.38 bits per heavy atom. The van der Waals surface area contributed by atoms with Crippen molar-refractivity contribution in [3.05, 3.63) is 24.0 Å². The first-order valence-electron chi connectivity index (χ1n) is 5.47. The van der Waals surface area contributed by atoms with Crippen LogP contribution in [-0.4, -0.2) is 30.5 Å². The lowest BCUT2D eigenvalue weighted by Gasteiger charge is -2.23. The Balaban J connectivity index is 2.19. The molecule has 0 atom stereocenters. The molecule has 86 valence electrons. The van der Waals surface area contributed by atoms with Crippen molar-refractivity contribution in [2.24, 2.45) is 5.73 Å². The maximum Gasteiger partial charge on any atom is 0.221 e. The smallest absolute Gasteiger partial charge is 0.221 e. The van der Waals surface area contributed by atoms with Crippen molar-refractivity contribution in [1.29, 1.82) is 0 Å². The van der Waals surface area contributed by atoms with E-state index in [0.717, 1.165) is 24.5 Å². The molecule has 3 N–H and O–H groups in total. The van der Waals surface area contributed by atoms with Gasteiger partial charge in [0.2, 0.25) is 5.91 Å². The summed E-state index contributed by atoms with van der Waals surface area (Å²) in [6.07, 6.45) is 2.27. The molecule has 2 rings (SSSR count). The average Bonchev–Trinajstić information content (AvgIpc) is 2.54. The number of pyridine rings is 1. The largest absolute Gasteiger partial charge is 0.368 e. The third-order valence-electron chi connectivity index (χ3n) is 2.71. The van der Waals surface area contributed by atoms with E-state index in [1.807, 2.05) is 12.1 Å². The SMILES string of the molecule is NCc1ncccc1N1CCNC(=O)CC1. The molecule has 2 heterocycles. The summed E-state index contributed by atoms with van der Waals surface area (Å²) in [5.41, 5.74) is 7.58. The van der Waals surface area contributed by atoms with Gasteiger partial charge in [-0.15, -0.1) is 0 Å². The molecule has 1 aromatic heterocycles. The Bertz CT molecular complexity index is 380. The molecule has 16 heavy (non-hydrogen) atoms. The molecule has 1 amide bonds. The number of nitrogens with one attached hydrogen (secondary N) is 1. The van der Waals surface area contributed by atoms with Crippen LogP contribution in [0.2, 0.25) is 0 Å². The number of amides is 1. The number of rotatable bonds is 2. The zero-order valence-corrected chi connectivity index (χ0v) is 9.15. The normalized spacial score (nSPS) is 16.8. The maximum absolute atomic E-state index is 11.2. The Hall–Kier alpha value is -1.62. The Kier molecular flexibility index (Phi) is 3.36. The van der Waals surface area contributed by atoms with Crippen molar-refractivity contribution < 1.29 is 4.79 Å². The summed E-state index contributed by atoms with van der Waals surface area (Å²) in [6.45, 7) is 2.64. The lowest BCUT2D eigenvalue weighted by atomic mass is 10.2. The van der Waals surface area contributed by atoms with Gasteiger partial charge >= 0.3 is 0 Å². The topological polar surface area (TPSA) is 71.2 Å². The van der Waals surface area contributed by atoms with Crippen LogP contribution in [0, 0.1) is 0 Å². The Morgan fingerprint density at radius 3 is 3.19 bits per heavy atom. The average molecular weight is 220 g/mol. The standard InChI is InChI=1S/C11H16N4O/c12-8-9-10(2-1-4-13-9)15-6-3-11(16)14-5-7-15/h1-2,4H,3,5-8,12H2,(H,14,16). The predicted octanol–water partition coefficient (Wildman–Crippen LogP) is -0.133. The molecule has 0 aliphatic carbocycles. The van der Waals surface area contributed by atoms with E-state index >= 15 is 0 Å². The van der Waals surface area contributed by atoms with E-state index in [9.17, 15) is 4.79 Å². The zero-order chi connectivity index (χ0) is 11.4. The van der Waals surface area contributed by atoms with Crippen LogP contribution in [0.4, 0.5) is 5.69 Å². The summed E-state index contributed by atoms with van der Waals surface area (Å²) >= 11 is 0. The van der Waals surface area contributed by atoms with E-state index in [1.165, 1.54) is 0 Å². The van der Waals surface area contributed by atoms with Crippen molar-refractivity contribution in [1.82, 2.24) is 10.3 Å². The highest BCUT2D eigenvalue weighted by atomic mass is 16.1. The highest BCUT2D eigenvalue weighted by Gasteiger charge is 2.15. The van der Waals surface area contributed by atoms with Crippen LogP contribution in [-0.2, 0) is 11.3 Å². The second-order valence-electron chi connectivity index (χ2n) is 3.76. The predicted molar refractivity (Wildman–Crippen MR) is 62.0 cm³/mol. The van der Waals surface area contributed by atoms with Crippen molar-refractivity contribution >= 4 is 11.6 Å². The van der Waals surface area contributed by atoms with Crippen molar-refractivity contribution in [2.45, 2.75) is 13.0 Å². The van der Waals surface area contributed by atoms with E-state index in [1.54, 1.807) is 6.20 Å². The van der Waals surface area contributed by atoms with Crippen LogP contribution in [0.1, 0.15) is 12.1 Å². The number of aromatic nitrogens is 1. The summed E-state index contributed by atoms with van der Waals surface area (Å²) in [7, 11) is 0. The molecule has 0 radical (unpaired) electrons. The van der Waals surface area contributed by atoms with Gasteiger partial charge < -0.3 is 16.0 Å². The van der Waals surface area contributed by atoms with Gasteiger partial charge in [0.15, 0.2) is 0 Å². The number of hydrogen-bond acceptors (Lipinski definition) is 4. The molecule has 1 saturated heterocycles. The lowest BCUT2D eigenvalue weighted by molar-refractivity contribution is -0.120. The summed E-state index contributed by atoms with van der Waals surface area (Å²) < 4.78 is 0. The summed E-state index contributed by atoms with van der Waals surface area (Å²) in [6, 6.07) is 3.90. The summed E-state index contributed by atoms with van der Waals surface area (Å²) in [5, 5.41) is 2.85. The Morgan fingerprint density at radius 1 is 1.50 bits per heavy atom.